The van der Waals surface area contributed by atoms with Gasteiger partial charge in [0.25, 0.3) is 11.8 Å². The van der Waals surface area contributed by atoms with E-state index >= 15 is 0 Å². The van der Waals surface area contributed by atoms with Crippen molar-refractivity contribution in [1.82, 2.24) is 19.9 Å². The van der Waals surface area contributed by atoms with Crippen LogP contribution in [0.2, 0.25) is 0 Å². The zero-order chi connectivity index (χ0) is 21.3. The number of aliphatic hydroxyl groups excluding tert-OH is 1. The second-order valence-electron chi connectivity index (χ2n) is 6.41. The highest BCUT2D eigenvalue weighted by atomic mass is 19.1. The quantitative estimate of drug-likeness (QED) is 0.642. The summed E-state index contributed by atoms with van der Waals surface area (Å²) >= 11 is 0. The van der Waals surface area contributed by atoms with E-state index < -0.39 is 40.2 Å². The van der Waals surface area contributed by atoms with E-state index in [9.17, 15) is 28.3 Å². The van der Waals surface area contributed by atoms with E-state index in [1.54, 1.807) is 7.05 Å². The molecular formula is C18H18F2N4O5. The van der Waals surface area contributed by atoms with Crippen LogP contribution in [0.1, 0.15) is 26.4 Å². The van der Waals surface area contributed by atoms with Crippen molar-refractivity contribution >= 4 is 11.8 Å². The van der Waals surface area contributed by atoms with Crippen molar-refractivity contribution in [2.24, 2.45) is 0 Å². The van der Waals surface area contributed by atoms with Gasteiger partial charge in [0.1, 0.15) is 17.2 Å². The molecule has 11 heteroatoms. The molecule has 3 rings (SSSR count). The molecule has 0 saturated heterocycles. The molecular weight excluding hydrogens is 390 g/mol. The van der Waals surface area contributed by atoms with Crippen LogP contribution in [0.25, 0.3) is 0 Å². The number of rotatable bonds is 5. The number of aromatic hydroxyl groups is 1. The summed E-state index contributed by atoms with van der Waals surface area (Å²) in [5.74, 6) is -4.11. The Hall–Kier alpha value is -3.31. The van der Waals surface area contributed by atoms with Gasteiger partial charge in [-0.3, -0.25) is 19.4 Å². The van der Waals surface area contributed by atoms with Gasteiger partial charge in [0.2, 0.25) is 5.43 Å². The van der Waals surface area contributed by atoms with E-state index in [-0.39, 0.29) is 37.6 Å². The van der Waals surface area contributed by atoms with E-state index in [4.69, 9.17) is 5.11 Å². The predicted molar refractivity (Wildman–Crippen MR) is 95.8 cm³/mol. The Balaban J connectivity index is 1.89. The van der Waals surface area contributed by atoms with Crippen LogP contribution in [0, 0.1) is 11.6 Å². The second kappa shape index (κ2) is 7.97. The Morgan fingerprint density at radius 1 is 1.28 bits per heavy atom. The molecule has 3 N–H and O–H groups in total. The van der Waals surface area contributed by atoms with Crippen LogP contribution < -0.4 is 10.7 Å². The summed E-state index contributed by atoms with van der Waals surface area (Å²) in [5.41, 5.74) is -1.79. The van der Waals surface area contributed by atoms with Crippen LogP contribution in [-0.2, 0) is 13.2 Å². The molecule has 1 aromatic carbocycles. The van der Waals surface area contributed by atoms with Gasteiger partial charge in [0.05, 0.1) is 19.8 Å². The number of amides is 2. The number of hydrogen-bond acceptors (Lipinski definition) is 6. The molecule has 9 nitrogen and oxygen atoms in total. The zero-order valence-electron chi connectivity index (χ0n) is 15.4. The summed E-state index contributed by atoms with van der Waals surface area (Å²) < 4.78 is 27.9. The number of aliphatic hydroxyl groups is 1. The van der Waals surface area contributed by atoms with Crippen molar-refractivity contribution in [2.45, 2.75) is 13.2 Å². The second-order valence-corrected chi connectivity index (χ2v) is 6.41. The molecule has 2 heterocycles. The molecule has 154 valence electrons. The highest BCUT2D eigenvalue weighted by Crippen LogP contribution is 2.22. The monoisotopic (exact) mass is 408 g/mol. The third kappa shape index (κ3) is 3.82. The maximum absolute atomic E-state index is 13.7. The number of hydrogen-bond donors (Lipinski definition) is 3. The summed E-state index contributed by atoms with van der Waals surface area (Å²) in [4.78, 5) is 37.4. The summed E-state index contributed by atoms with van der Waals surface area (Å²) in [6, 6.07) is 2.86. The van der Waals surface area contributed by atoms with Gasteiger partial charge in [-0.2, -0.15) is 0 Å². The van der Waals surface area contributed by atoms with Crippen LogP contribution in [0.15, 0.2) is 29.2 Å². The molecule has 0 aliphatic carbocycles. The van der Waals surface area contributed by atoms with E-state index in [1.807, 2.05) is 0 Å². The van der Waals surface area contributed by atoms with Crippen molar-refractivity contribution in [3.63, 3.8) is 0 Å². The Morgan fingerprint density at radius 2 is 2.00 bits per heavy atom. The number of fused-ring (bicyclic) bond motifs is 1. The molecule has 29 heavy (non-hydrogen) atoms. The van der Waals surface area contributed by atoms with Gasteiger partial charge in [-0.1, -0.05) is 6.07 Å². The van der Waals surface area contributed by atoms with Gasteiger partial charge in [0.15, 0.2) is 11.4 Å². The maximum Gasteiger partial charge on any atom is 0.288 e. The van der Waals surface area contributed by atoms with Gasteiger partial charge in [0, 0.05) is 31.4 Å². The normalized spacial score (nSPS) is 14.1. The molecule has 1 aliphatic rings. The van der Waals surface area contributed by atoms with Crippen molar-refractivity contribution in [1.29, 1.82) is 0 Å². The first kappa shape index (κ1) is 20.4. The number of halogens is 2. The average molecular weight is 408 g/mol. The van der Waals surface area contributed by atoms with E-state index in [0.717, 1.165) is 23.3 Å². The lowest BCUT2D eigenvalue weighted by atomic mass is 10.1. The molecule has 1 aromatic heterocycles. The standard InChI is InChI=1S/C18H18F2N4O5/c1-22-9-23-8-12(15(26)16(27)14(23)18(29)24(22)4-5-25)17(28)21-7-10-2-3-11(19)6-13(10)20/h2-3,6,8,25,27H,4-5,7,9H2,1H3,(H,21,28). The summed E-state index contributed by atoms with van der Waals surface area (Å²) in [6.07, 6.45) is 1.12. The fourth-order valence-electron chi connectivity index (χ4n) is 3.02. The van der Waals surface area contributed by atoms with Crippen molar-refractivity contribution in [3.8, 4) is 5.75 Å². The summed E-state index contributed by atoms with van der Waals surface area (Å²) in [6.45, 7) is -0.631. The molecule has 0 unspecified atom stereocenters. The zero-order valence-corrected chi connectivity index (χ0v) is 15.4. The SMILES string of the molecule is CN1Cn2cc(C(=O)NCc3ccc(F)cc3F)c(=O)c(O)c2C(=O)N1CCO. The number of aromatic nitrogens is 1. The average Bonchev–Trinajstić information content (AvgIpc) is 2.66. The van der Waals surface area contributed by atoms with E-state index in [2.05, 4.69) is 5.32 Å². The number of benzene rings is 1. The number of nitrogens with zero attached hydrogens (tertiary/aromatic N) is 3. The summed E-state index contributed by atoms with van der Waals surface area (Å²) in [7, 11) is 1.56. The van der Waals surface area contributed by atoms with Gasteiger partial charge < -0.3 is 20.1 Å². The van der Waals surface area contributed by atoms with Crippen LogP contribution in [-0.4, -0.2) is 56.8 Å². The molecule has 0 saturated carbocycles. The molecule has 1 aliphatic heterocycles. The molecule has 0 bridgehead atoms. The molecule has 0 radical (unpaired) electrons. The number of hydrazine groups is 1. The molecule has 0 fully saturated rings. The van der Waals surface area contributed by atoms with Crippen molar-refractivity contribution in [3.05, 3.63) is 63.1 Å². The lowest BCUT2D eigenvalue weighted by molar-refractivity contribution is -0.0330. The fraction of sp³-hybridized carbons (Fsp3) is 0.278. The van der Waals surface area contributed by atoms with Crippen molar-refractivity contribution in [2.75, 3.05) is 20.2 Å². The Kier molecular flexibility index (Phi) is 5.62. The highest BCUT2D eigenvalue weighted by molar-refractivity contribution is 5.98. The fourth-order valence-corrected chi connectivity index (χ4v) is 3.02. The van der Waals surface area contributed by atoms with Crippen molar-refractivity contribution < 1.29 is 28.6 Å². The van der Waals surface area contributed by atoms with Crippen LogP contribution in [0.4, 0.5) is 8.78 Å². The van der Waals surface area contributed by atoms with E-state index in [1.165, 1.54) is 9.58 Å². The molecule has 2 aromatic rings. The van der Waals surface area contributed by atoms with Crippen LogP contribution in [0.3, 0.4) is 0 Å². The third-order valence-corrected chi connectivity index (χ3v) is 4.47. The lowest BCUT2D eigenvalue weighted by Gasteiger charge is -2.37. The van der Waals surface area contributed by atoms with Gasteiger partial charge in [-0.15, -0.1) is 0 Å². The topological polar surface area (TPSA) is 115 Å². The summed E-state index contributed by atoms with van der Waals surface area (Å²) in [5, 5.41) is 24.3. The minimum Gasteiger partial charge on any atom is -0.503 e. The molecule has 0 atom stereocenters. The minimum absolute atomic E-state index is 0.0107. The smallest absolute Gasteiger partial charge is 0.288 e. The highest BCUT2D eigenvalue weighted by Gasteiger charge is 2.33. The Morgan fingerprint density at radius 3 is 2.66 bits per heavy atom. The number of carbonyl (C=O) groups is 2. The molecule has 0 spiro atoms. The largest absolute Gasteiger partial charge is 0.503 e. The van der Waals surface area contributed by atoms with Gasteiger partial charge in [-0.25, -0.2) is 13.8 Å². The first-order valence-electron chi connectivity index (χ1n) is 8.57. The number of pyridine rings is 1. The number of carbonyl (C=O) groups excluding carboxylic acids is 2. The first-order valence-corrected chi connectivity index (χ1v) is 8.57. The van der Waals surface area contributed by atoms with E-state index in [0.29, 0.717) is 6.07 Å². The van der Waals surface area contributed by atoms with Crippen LogP contribution in [0.5, 0.6) is 5.75 Å². The Bertz CT molecular complexity index is 1040. The number of nitrogens with one attached hydrogen (secondary N) is 1. The van der Waals surface area contributed by atoms with Crippen LogP contribution >= 0.6 is 0 Å². The minimum atomic E-state index is -1.06. The Labute approximate surface area is 163 Å². The third-order valence-electron chi connectivity index (χ3n) is 4.47. The number of β-amino-alcohol motifs (C(OH)–C–C–N with tert-alkyl or cyclic N) is 1. The predicted octanol–water partition coefficient (Wildman–Crippen LogP) is 0.0145. The maximum atomic E-state index is 13.7. The molecule has 2 amide bonds. The lowest BCUT2D eigenvalue weighted by Crippen LogP contribution is -2.52. The first-order chi connectivity index (χ1) is 13.7. The van der Waals surface area contributed by atoms with Gasteiger partial charge >= 0.3 is 0 Å². The van der Waals surface area contributed by atoms with Gasteiger partial charge in [-0.05, 0) is 6.07 Å².